The van der Waals surface area contributed by atoms with E-state index in [2.05, 4.69) is 5.32 Å². The van der Waals surface area contributed by atoms with Crippen molar-refractivity contribution in [1.29, 1.82) is 0 Å². The van der Waals surface area contributed by atoms with E-state index in [1.807, 2.05) is 30.3 Å². The Hall–Kier alpha value is -1.20. The molecule has 4 nitrogen and oxygen atoms in total. The highest BCUT2D eigenvalue weighted by atomic mass is 32.2. The van der Waals surface area contributed by atoms with Gasteiger partial charge in [-0.2, -0.15) is 0 Å². The minimum absolute atomic E-state index is 0.196. The molecule has 5 heteroatoms. The van der Waals surface area contributed by atoms with Crippen LogP contribution in [0.2, 0.25) is 0 Å². The predicted octanol–water partition coefficient (Wildman–Crippen LogP) is 0.571. The van der Waals surface area contributed by atoms with Crippen LogP contribution in [0.1, 0.15) is 18.0 Å². The standard InChI is InChI=1S/C12H18N2O2S/c1-17(16)9-5-8-14-12(15)11(13)10-6-3-2-4-7-10/h2-4,6-7,11H,5,8-9,13H2,1H3,(H,14,15)/t11-,17?/m0/s1. The SMILES string of the molecule is CS(=O)CCCNC(=O)[C@@H](N)c1ccccc1. The van der Waals surface area contributed by atoms with E-state index < -0.39 is 16.8 Å². The molecular formula is C12H18N2O2S. The number of hydrogen-bond acceptors (Lipinski definition) is 3. The monoisotopic (exact) mass is 254 g/mol. The molecule has 0 heterocycles. The quantitative estimate of drug-likeness (QED) is 0.729. The number of nitrogens with two attached hydrogens (primary N) is 1. The Bertz CT molecular complexity index is 381. The highest BCUT2D eigenvalue weighted by Gasteiger charge is 2.14. The minimum atomic E-state index is -0.810. The summed E-state index contributed by atoms with van der Waals surface area (Å²) in [7, 11) is -0.810. The van der Waals surface area contributed by atoms with Crippen molar-refractivity contribution >= 4 is 16.7 Å². The summed E-state index contributed by atoms with van der Waals surface area (Å²) in [6, 6.07) is 8.59. The van der Waals surface area contributed by atoms with Gasteiger partial charge in [0.05, 0.1) is 0 Å². The Morgan fingerprint density at radius 2 is 2.06 bits per heavy atom. The maximum Gasteiger partial charge on any atom is 0.241 e. The summed E-state index contributed by atoms with van der Waals surface area (Å²) in [4.78, 5) is 11.7. The molecule has 0 aliphatic rings. The van der Waals surface area contributed by atoms with Crippen molar-refractivity contribution < 1.29 is 9.00 Å². The Kier molecular flexibility index (Phi) is 5.86. The van der Waals surface area contributed by atoms with E-state index in [1.54, 1.807) is 6.26 Å². The summed E-state index contributed by atoms with van der Waals surface area (Å²) in [5, 5.41) is 2.74. The molecule has 0 saturated heterocycles. The predicted molar refractivity (Wildman–Crippen MR) is 69.9 cm³/mol. The molecule has 0 aliphatic heterocycles. The minimum Gasteiger partial charge on any atom is -0.354 e. The second-order valence-corrected chi connectivity index (χ2v) is 5.36. The summed E-state index contributed by atoms with van der Waals surface area (Å²) < 4.78 is 10.8. The van der Waals surface area contributed by atoms with Crippen LogP contribution < -0.4 is 11.1 Å². The lowest BCUT2D eigenvalue weighted by molar-refractivity contribution is -0.122. The molecule has 1 aromatic rings. The van der Waals surface area contributed by atoms with Gasteiger partial charge in [-0.3, -0.25) is 9.00 Å². The van der Waals surface area contributed by atoms with E-state index >= 15 is 0 Å². The Labute approximate surface area is 104 Å². The molecule has 17 heavy (non-hydrogen) atoms. The van der Waals surface area contributed by atoms with Gasteiger partial charge in [0.25, 0.3) is 0 Å². The van der Waals surface area contributed by atoms with Crippen LogP contribution in [-0.4, -0.2) is 28.7 Å². The molecule has 0 saturated carbocycles. The molecule has 1 rings (SSSR count). The van der Waals surface area contributed by atoms with Gasteiger partial charge in [-0.25, -0.2) is 0 Å². The molecule has 0 spiro atoms. The van der Waals surface area contributed by atoms with Gasteiger partial charge < -0.3 is 11.1 Å². The highest BCUT2D eigenvalue weighted by molar-refractivity contribution is 7.84. The van der Waals surface area contributed by atoms with Gasteiger partial charge in [0.1, 0.15) is 6.04 Å². The summed E-state index contributed by atoms with van der Waals surface area (Å²) in [6.07, 6.45) is 2.36. The van der Waals surface area contributed by atoms with Crippen molar-refractivity contribution in [2.24, 2.45) is 5.73 Å². The smallest absolute Gasteiger partial charge is 0.241 e. The fourth-order valence-electron chi connectivity index (χ4n) is 1.41. The second-order valence-electron chi connectivity index (χ2n) is 3.81. The number of nitrogens with one attached hydrogen (secondary N) is 1. The van der Waals surface area contributed by atoms with E-state index in [0.29, 0.717) is 18.7 Å². The molecule has 0 fully saturated rings. The summed E-state index contributed by atoms with van der Waals surface area (Å²) >= 11 is 0. The maximum atomic E-state index is 11.7. The first-order chi connectivity index (χ1) is 8.11. The van der Waals surface area contributed by atoms with Crippen LogP contribution in [0.25, 0.3) is 0 Å². The van der Waals surface area contributed by atoms with Crippen molar-refractivity contribution in [3.05, 3.63) is 35.9 Å². The van der Waals surface area contributed by atoms with Crippen molar-refractivity contribution in [3.63, 3.8) is 0 Å². The fraction of sp³-hybridized carbons (Fsp3) is 0.417. The Balaban J connectivity index is 2.35. The van der Waals surface area contributed by atoms with Gasteiger partial charge in [0.15, 0.2) is 0 Å². The molecule has 0 radical (unpaired) electrons. The van der Waals surface area contributed by atoms with Crippen LogP contribution in [-0.2, 0) is 15.6 Å². The molecule has 0 bridgehead atoms. The van der Waals surface area contributed by atoms with Gasteiger partial charge in [-0.15, -0.1) is 0 Å². The van der Waals surface area contributed by atoms with Crippen LogP contribution in [0.5, 0.6) is 0 Å². The zero-order valence-corrected chi connectivity index (χ0v) is 10.7. The number of carbonyl (C=O) groups excluding carboxylic acids is 1. The number of hydrogen-bond donors (Lipinski definition) is 2. The van der Waals surface area contributed by atoms with Gasteiger partial charge >= 0.3 is 0 Å². The van der Waals surface area contributed by atoms with E-state index in [1.165, 1.54) is 0 Å². The fourth-order valence-corrected chi connectivity index (χ4v) is 1.96. The lowest BCUT2D eigenvalue weighted by Gasteiger charge is -2.12. The van der Waals surface area contributed by atoms with Gasteiger partial charge in [0, 0.05) is 29.4 Å². The normalized spacial score (nSPS) is 14.0. The summed E-state index contributed by atoms with van der Waals surface area (Å²) in [5.41, 5.74) is 6.60. The van der Waals surface area contributed by atoms with E-state index in [4.69, 9.17) is 5.73 Å². The average molecular weight is 254 g/mol. The summed E-state index contributed by atoms with van der Waals surface area (Å²) in [6.45, 7) is 0.513. The van der Waals surface area contributed by atoms with Crippen molar-refractivity contribution in [1.82, 2.24) is 5.32 Å². The van der Waals surface area contributed by atoms with Crippen LogP contribution in [0.15, 0.2) is 30.3 Å². The van der Waals surface area contributed by atoms with Crippen LogP contribution in [0.4, 0.5) is 0 Å². The maximum absolute atomic E-state index is 11.7. The van der Waals surface area contributed by atoms with Gasteiger partial charge in [-0.1, -0.05) is 30.3 Å². The van der Waals surface area contributed by atoms with Crippen molar-refractivity contribution in [3.8, 4) is 0 Å². The third kappa shape index (κ3) is 5.10. The molecule has 0 aromatic heterocycles. The number of rotatable bonds is 6. The zero-order chi connectivity index (χ0) is 12.7. The zero-order valence-electron chi connectivity index (χ0n) is 9.89. The lowest BCUT2D eigenvalue weighted by atomic mass is 10.1. The van der Waals surface area contributed by atoms with Gasteiger partial charge in [-0.05, 0) is 12.0 Å². The van der Waals surface area contributed by atoms with Crippen LogP contribution in [0, 0.1) is 0 Å². The first-order valence-corrected chi connectivity index (χ1v) is 7.22. The number of amides is 1. The number of benzene rings is 1. The molecule has 1 unspecified atom stereocenters. The Morgan fingerprint density at radius 1 is 1.41 bits per heavy atom. The van der Waals surface area contributed by atoms with Crippen LogP contribution in [0.3, 0.4) is 0 Å². The van der Waals surface area contributed by atoms with Crippen molar-refractivity contribution in [2.75, 3.05) is 18.6 Å². The lowest BCUT2D eigenvalue weighted by Crippen LogP contribution is -2.34. The first kappa shape index (κ1) is 13.9. The third-order valence-corrected chi connectivity index (χ3v) is 3.21. The summed E-state index contributed by atoms with van der Waals surface area (Å²) in [5.74, 6) is 0.402. The van der Waals surface area contributed by atoms with E-state index in [0.717, 1.165) is 5.56 Å². The average Bonchev–Trinajstić information content (AvgIpc) is 2.34. The van der Waals surface area contributed by atoms with E-state index in [-0.39, 0.29) is 5.91 Å². The second kappa shape index (κ2) is 7.19. The third-order valence-electron chi connectivity index (χ3n) is 2.35. The highest BCUT2D eigenvalue weighted by Crippen LogP contribution is 2.08. The van der Waals surface area contributed by atoms with Crippen molar-refractivity contribution in [2.45, 2.75) is 12.5 Å². The number of carbonyl (C=O) groups is 1. The molecule has 94 valence electrons. The Morgan fingerprint density at radius 3 is 2.65 bits per heavy atom. The largest absolute Gasteiger partial charge is 0.354 e. The van der Waals surface area contributed by atoms with Gasteiger partial charge in [0.2, 0.25) is 5.91 Å². The molecule has 1 amide bonds. The molecular weight excluding hydrogens is 236 g/mol. The molecule has 3 N–H and O–H groups in total. The topological polar surface area (TPSA) is 72.2 Å². The molecule has 0 aliphatic carbocycles. The molecule has 2 atom stereocenters. The molecule has 1 aromatic carbocycles. The first-order valence-electron chi connectivity index (χ1n) is 5.49. The van der Waals surface area contributed by atoms with Crippen LogP contribution >= 0.6 is 0 Å². The van der Waals surface area contributed by atoms with E-state index in [9.17, 15) is 9.00 Å².